The van der Waals surface area contributed by atoms with E-state index in [2.05, 4.69) is 5.32 Å². The highest BCUT2D eigenvalue weighted by molar-refractivity contribution is 7.90. The molecule has 1 aromatic carbocycles. The maximum Gasteiger partial charge on any atom is 0.251 e. The van der Waals surface area contributed by atoms with Crippen molar-refractivity contribution in [2.45, 2.75) is 4.90 Å². The van der Waals surface area contributed by atoms with E-state index in [0.717, 1.165) is 12.8 Å². The third kappa shape index (κ3) is 6.24. The monoisotopic (exact) mass is 314 g/mol. The number of likely N-dealkylation sites (N-methyl/N-ethyl adjacent to an activating group) is 1. The molecule has 1 rings (SSSR count). The lowest BCUT2D eigenvalue weighted by Gasteiger charge is -2.16. The summed E-state index contributed by atoms with van der Waals surface area (Å²) in [5.74, 6) is -0.277. The van der Waals surface area contributed by atoms with Crippen LogP contribution in [0.1, 0.15) is 10.4 Å². The first-order valence-electron chi connectivity index (χ1n) is 6.60. The summed E-state index contributed by atoms with van der Waals surface area (Å²) in [5.41, 5.74) is 0.345. The fourth-order valence-electron chi connectivity index (χ4n) is 1.69. The SMILES string of the molecule is COCCN(C)CCNC(=O)c1cccc(S(C)(=O)=O)c1. The van der Waals surface area contributed by atoms with Crippen molar-refractivity contribution in [2.75, 3.05) is 46.7 Å². The molecule has 0 aliphatic carbocycles. The van der Waals surface area contributed by atoms with Crippen LogP contribution >= 0.6 is 0 Å². The van der Waals surface area contributed by atoms with E-state index >= 15 is 0 Å². The van der Waals surface area contributed by atoms with Gasteiger partial charge in [0.1, 0.15) is 0 Å². The number of hydrogen-bond acceptors (Lipinski definition) is 5. The topological polar surface area (TPSA) is 75.7 Å². The normalized spacial score (nSPS) is 11.6. The van der Waals surface area contributed by atoms with Crippen molar-refractivity contribution in [3.63, 3.8) is 0 Å². The molecule has 118 valence electrons. The predicted molar refractivity (Wildman–Crippen MR) is 81.3 cm³/mol. The summed E-state index contributed by atoms with van der Waals surface area (Å²) >= 11 is 0. The van der Waals surface area contributed by atoms with Gasteiger partial charge in [0, 0.05) is 38.6 Å². The molecule has 1 amide bonds. The molecule has 0 radical (unpaired) electrons. The van der Waals surface area contributed by atoms with Gasteiger partial charge in [-0.05, 0) is 25.2 Å². The van der Waals surface area contributed by atoms with Crippen LogP contribution in [0.5, 0.6) is 0 Å². The third-order valence-corrected chi connectivity index (χ3v) is 4.09. The zero-order valence-corrected chi connectivity index (χ0v) is 13.4. The molecule has 0 saturated carbocycles. The largest absolute Gasteiger partial charge is 0.383 e. The summed E-state index contributed by atoms with van der Waals surface area (Å²) in [4.78, 5) is 14.2. The van der Waals surface area contributed by atoms with Crippen LogP contribution in [0.3, 0.4) is 0 Å². The molecule has 0 heterocycles. The van der Waals surface area contributed by atoms with E-state index in [1.807, 2.05) is 11.9 Å². The van der Waals surface area contributed by atoms with Gasteiger partial charge in [0.15, 0.2) is 9.84 Å². The highest BCUT2D eigenvalue weighted by Crippen LogP contribution is 2.11. The van der Waals surface area contributed by atoms with E-state index in [4.69, 9.17) is 4.74 Å². The number of amides is 1. The number of benzene rings is 1. The van der Waals surface area contributed by atoms with Crippen LogP contribution in [0.25, 0.3) is 0 Å². The number of nitrogens with zero attached hydrogens (tertiary/aromatic N) is 1. The lowest BCUT2D eigenvalue weighted by molar-refractivity contribution is 0.0947. The summed E-state index contributed by atoms with van der Waals surface area (Å²) in [5, 5.41) is 2.77. The number of carbonyl (C=O) groups is 1. The van der Waals surface area contributed by atoms with Gasteiger partial charge in [0.05, 0.1) is 11.5 Å². The number of sulfone groups is 1. The van der Waals surface area contributed by atoms with Crippen molar-refractivity contribution in [1.29, 1.82) is 0 Å². The number of hydrogen-bond donors (Lipinski definition) is 1. The van der Waals surface area contributed by atoms with Gasteiger partial charge in [-0.25, -0.2) is 8.42 Å². The average Bonchev–Trinajstić information content (AvgIpc) is 2.44. The molecule has 6 nitrogen and oxygen atoms in total. The minimum atomic E-state index is -3.31. The van der Waals surface area contributed by atoms with E-state index in [1.54, 1.807) is 19.2 Å². The van der Waals surface area contributed by atoms with E-state index in [9.17, 15) is 13.2 Å². The molecule has 0 aliphatic heterocycles. The molecular weight excluding hydrogens is 292 g/mol. The second kappa shape index (κ2) is 8.11. The molecular formula is C14H22N2O4S. The molecule has 0 aliphatic rings. The van der Waals surface area contributed by atoms with Gasteiger partial charge in [0.2, 0.25) is 0 Å². The lowest BCUT2D eigenvalue weighted by Crippen LogP contribution is -2.34. The first kappa shape index (κ1) is 17.6. The summed E-state index contributed by atoms with van der Waals surface area (Å²) in [6.07, 6.45) is 1.12. The maximum absolute atomic E-state index is 12.0. The number of carbonyl (C=O) groups excluding carboxylic acids is 1. The van der Waals surface area contributed by atoms with E-state index < -0.39 is 9.84 Å². The van der Waals surface area contributed by atoms with Gasteiger partial charge in [-0.1, -0.05) is 6.07 Å². The molecule has 0 unspecified atom stereocenters. The average molecular weight is 314 g/mol. The zero-order chi connectivity index (χ0) is 15.9. The molecule has 0 saturated heterocycles. The quantitative estimate of drug-likeness (QED) is 0.751. The summed E-state index contributed by atoms with van der Waals surface area (Å²) in [7, 11) is 0.278. The second-order valence-corrected chi connectivity index (χ2v) is 6.87. The Morgan fingerprint density at radius 2 is 2.05 bits per heavy atom. The smallest absolute Gasteiger partial charge is 0.251 e. The van der Waals surface area contributed by atoms with Crippen LogP contribution in [0.15, 0.2) is 29.2 Å². The van der Waals surface area contributed by atoms with Gasteiger partial charge < -0.3 is 15.0 Å². The van der Waals surface area contributed by atoms with Gasteiger partial charge in [-0.3, -0.25) is 4.79 Å². The second-order valence-electron chi connectivity index (χ2n) is 4.85. The maximum atomic E-state index is 12.0. The Morgan fingerprint density at radius 3 is 2.67 bits per heavy atom. The van der Waals surface area contributed by atoms with Crippen LogP contribution in [0.4, 0.5) is 0 Å². The van der Waals surface area contributed by atoms with Crippen LogP contribution in [0, 0.1) is 0 Å². The van der Waals surface area contributed by atoms with E-state index in [-0.39, 0.29) is 10.8 Å². The zero-order valence-electron chi connectivity index (χ0n) is 12.6. The number of methoxy groups -OCH3 is 1. The minimum Gasteiger partial charge on any atom is -0.383 e. The summed E-state index contributed by atoms with van der Waals surface area (Å²) in [6, 6.07) is 6.03. The molecule has 21 heavy (non-hydrogen) atoms. The highest BCUT2D eigenvalue weighted by atomic mass is 32.2. The van der Waals surface area contributed by atoms with Gasteiger partial charge in [-0.15, -0.1) is 0 Å². The Labute approximate surface area is 126 Å². The summed E-state index contributed by atoms with van der Waals surface area (Å²) < 4.78 is 27.9. The Bertz CT molecular complexity index is 572. The van der Waals surface area contributed by atoms with E-state index in [0.29, 0.717) is 25.3 Å². The van der Waals surface area contributed by atoms with Crippen molar-refractivity contribution in [2.24, 2.45) is 0 Å². The van der Waals surface area contributed by atoms with Crippen LogP contribution in [0.2, 0.25) is 0 Å². The molecule has 0 atom stereocenters. The van der Waals surface area contributed by atoms with Crippen molar-refractivity contribution >= 4 is 15.7 Å². The molecule has 7 heteroatoms. The molecule has 0 bridgehead atoms. The lowest BCUT2D eigenvalue weighted by atomic mass is 10.2. The van der Waals surface area contributed by atoms with Crippen molar-refractivity contribution < 1.29 is 17.9 Å². The number of nitrogens with one attached hydrogen (secondary N) is 1. The summed E-state index contributed by atoms with van der Waals surface area (Å²) in [6.45, 7) is 2.61. The standard InChI is InChI=1S/C14H22N2O4S/c1-16(9-10-20-2)8-7-15-14(17)12-5-4-6-13(11-12)21(3,18)19/h4-6,11H,7-10H2,1-3H3,(H,15,17). The molecule has 1 aromatic rings. The molecule has 0 spiro atoms. The van der Waals surface area contributed by atoms with Crippen molar-refractivity contribution in [3.05, 3.63) is 29.8 Å². The molecule has 0 fully saturated rings. The van der Waals surface area contributed by atoms with Gasteiger partial charge >= 0.3 is 0 Å². The predicted octanol–water partition coefficient (Wildman–Crippen LogP) is 0.398. The Kier molecular flexibility index (Phi) is 6.80. The first-order chi connectivity index (χ1) is 9.84. The Morgan fingerprint density at radius 1 is 1.33 bits per heavy atom. The van der Waals surface area contributed by atoms with Gasteiger partial charge in [-0.2, -0.15) is 0 Å². The van der Waals surface area contributed by atoms with E-state index in [1.165, 1.54) is 12.1 Å². The minimum absolute atomic E-state index is 0.146. The number of rotatable bonds is 8. The fraction of sp³-hybridized carbons (Fsp3) is 0.500. The fourth-order valence-corrected chi connectivity index (χ4v) is 2.36. The Hall–Kier alpha value is -1.44. The van der Waals surface area contributed by atoms with Gasteiger partial charge in [0.25, 0.3) is 5.91 Å². The Balaban J connectivity index is 2.53. The van der Waals surface area contributed by atoms with Crippen LogP contribution in [-0.2, 0) is 14.6 Å². The van der Waals surface area contributed by atoms with Crippen LogP contribution < -0.4 is 5.32 Å². The number of ether oxygens (including phenoxy) is 1. The third-order valence-electron chi connectivity index (χ3n) is 2.98. The van der Waals surface area contributed by atoms with Crippen LogP contribution in [-0.4, -0.2) is 65.9 Å². The molecule has 1 N–H and O–H groups in total. The highest BCUT2D eigenvalue weighted by Gasteiger charge is 2.11. The first-order valence-corrected chi connectivity index (χ1v) is 8.49. The molecule has 0 aromatic heterocycles. The van der Waals surface area contributed by atoms with Crippen molar-refractivity contribution in [3.8, 4) is 0 Å². The van der Waals surface area contributed by atoms with Crippen molar-refractivity contribution in [1.82, 2.24) is 10.2 Å².